The van der Waals surface area contributed by atoms with Gasteiger partial charge in [-0.15, -0.1) is 0 Å². The standard InChI is InChI=1S/C13H10FN3O3/c1-7-6-8(14)2-3-9(7)12(18)17-11-10(13(19)20)15-4-5-16-11/h2-6H,1H3,(H,19,20)(H,16,17,18). The second-order valence-corrected chi connectivity index (χ2v) is 3.97. The molecule has 0 radical (unpaired) electrons. The number of halogens is 1. The van der Waals surface area contributed by atoms with E-state index in [-0.39, 0.29) is 17.1 Å². The third kappa shape index (κ3) is 2.77. The van der Waals surface area contributed by atoms with Crippen LogP contribution in [0, 0.1) is 12.7 Å². The SMILES string of the molecule is Cc1cc(F)ccc1C(=O)Nc1nccnc1C(=O)O. The van der Waals surface area contributed by atoms with Gasteiger partial charge in [-0.25, -0.2) is 19.2 Å². The molecule has 6 nitrogen and oxygen atoms in total. The minimum atomic E-state index is -1.30. The zero-order valence-electron chi connectivity index (χ0n) is 10.4. The molecule has 0 bridgehead atoms. The van der Waals surface area contributed by atoms with Gasteiger partial charge in [0.15, 0.2) is 11.5 Å². The van der Waals surface area contributed by atoms with Crippen molar-refractivity contribution in [1.82, 2.24) is 9.97 Å². The summed E-state index contributed by atoms with van der Waals surface area (Å²) in [5.41, 5.74) is 0.303. The van der Waals surface area contributed by atoms with Gasteiger partial charge >= 0.3 is 5.97 Å². The Labute approximate surface area is 113 Å². The molecule has 0 unspecified atom stereocenters. The number of anilines is 1. The fourth-order valence-corrected chi connectivity index (χ4v) is 1.64. The number of rotatable bonds is 3. The van der Waals surface area contributed by atoms with Crippen LogP contribution >= 0.6 is 0 Å². The van der Waals surface area contributed by atoms with Gasteiger partial charge in [0.1, 0.15) is 5.82 Å². The minimum absolute atomic E-state index is 0.159. The molecule has 0 saturated carbocycles. The summed E-state index contributed by atoms with van der Waals surface area (Å²) in [4.78, 5) is 30.4. The molecule has 0 aliphatic carbocycles. The first-order chi connectivity index (χ1) is 9.49. The van der Waals surface area contributed by atoms with Crippen molar-refractivity contribution < 1.29 is 19.1 Å². The Morgan fingerprint density at radius 3 is 2.60 bits per heavy atom. The molecule has 1 aromatic heterocycles. The number of carbonyl (C=O) groups excluding carboxylic acids is 1. The van der Waals surface area contributed by atoms with E-state index in [0.29, 0.717) is 5.56 Å². The first kappa shape index (κ1) is 13.6. The van der Waals surface area contributed by atoms with Crippen LogP contribution < -0.4 is 5.32 Å². The summed E-state index contributed by atoms with van der Waals surface area (Å²) in [6.07, 6.45) is 2.47. The Balaban J connectivity index is 2.30. The van der Waals surface area contributed by atoms with Gasteiger partial charge in [-0.3, -0.25) is 4.79 Å². The number of benzene rings is 1. The lowest BCUT2D eigenvalue weighted by atomic mass is 10.1. The van der Waals surface area contributed by atoms with E-state index in [2.05, 4.69) is 15.3 Å². The highest BCUT2D eigenvalue weighted by Gasteiger charge is 2.17. The van der Waals surface area contributed by atoms with Gasteiger partial charge < -0.3 is 10.4 Å². The molecule has 20 heavy (non-hydrogen) atoms. The third-order valence-electron chi connectivity index (χ3n) is 2.57. The van der Waals surface area contributed by atoms with E-state index < -0.39 is 17.7 Å². The van der Waals surface area contributed by atoms with E-state index >= 15 is 0 Å². The summed E-state index contributed by atoms with van der Waals surface area (Å²) >= 11 is 0. The number of carbonyl (C=O) groups is 2. The molecular formula is C13H10FN3O3. The highest BCUT2D eigenvalue weighted by molar-refractivity contribution is 6.07. The number of nitrogens with one attached hydrogen (secondary N) is 1. The lowest BCUT2D eigenvalue weighted by molar-refractivity contribution is 0.0691. The molecule has 0 atom stereocenters. The Morgan fingerprint density at radius 1 is 1.25 bits per heavy atom. The van der Waals surface area contributed by atoms with Crippen LogP contribution in [-0.4, -0.2) is 27.0 Å². The van der Waals surface area contributed by atoms with Crippen LogP contribution in [0.4, 0.5) is 10.2 Å². The molecular weight excluding hydrogens is 265 g/mol. The molecule has 0 aliphatic rings. The Morgan fingerprint density at radius 2 is 1.95 bits per heavy atom. The highest BCUT2D eigenvalue weighted by Crippen LogP contribution is 2.14. The molecule has 7 heteroatoms. The number of hydrogen-bond donors (Lipinski definition) is 2. The van der Waals surface area contributed by atoms with Crippen molar-refractivity contribution in [1.29, 1.82) is 0 Å². The zero-order chi connectivity index (χ0) is 14.7. The highest BCUT2D eigenvalue weighted by atomic mass is 19.1. The van der Waals surface area contributed by atoms with Crippen LogP contribution in [0.2, 0.25) is 0 Å². The van der Waals surface area contributed by atoms with E-state index in [1.165, 1.54) is 24.5 Å². The summed E-state index contributed by atoms with van der Waals surface area (Å²) in [6.45, 7) is 1.58. The van der Waals surface area contributed by atoms with Crippen LogP contribution in [0.1, 0.15) is 26.4 Å². The number of nitrogens with zero attached hydrogens (tertiary/aromatic N) is 2. The van der Waals surface area contributed by atoms with Crippen molar-refractivity contribution in [3.8, 4) is 0 Å². The molecule has 0 aliphatic heterocycles. The average molecular weight is 275 g/mol. The van der Waals surface area contributed by atoms with Crippen LogP contribution in [0.25, 0.3) is 0 Å². The van der Waals surface area contributed by atoms with Crippen molar-refractivity contribution in [2.75, 3.05) is 5.32 Å². The van der Waals surface area contributed by atoms with Gasteiger partial charge in [0.05, 0.1) is 0 Å². The van der Waals surface area contributed by atoms with Crippen LogP contribution in [0.15, 0.2) is 30.6 Å². The van der Waals surface area contributed by atoms with E-state index in [4.69, 9.17) is 5.11 Å². The quantitative estimate of drug-likeness (QED) is 0.892. The number of hydrogen-bond acceptors (Lipinski definition) is 4. The van der Waals surface area contributed by atoms with Gasteiger partial charge in [-0.05, 0) is 30.7 Å². The normalized spacial score (nSPS) is 10.1. The minimum Gasteiger partial charge on any atom is -0.476 e. The van der Waals surface area contributed by atoms with Crippen LogP contribution in [-0.2, 0) is 0 Å². The van der Waals surface area contributed by atoms with Gasteiger partial charge in [0.2, 0.25) is 0 Å². The van der Waals surface area contributed by atoms with Crippen molar-refractivity contribution in [3.05, 3.63) is 53.2 Å². The van der Waals surface area contributed by atoms with E-state index in [0.717, 1.165) is 6.07 Å². The molecule has 0 spiro atoms. The summed E-state index contributed by atoms with van der Waals surface area (Å²) in [6, 6.07) is 3.68. The smallest absolute Gasteiger partial charge is 0.358 e. The van der Waals surface area contributed by atoms with Crippen molar-refractivity contribution >= 4 is 17.7 Å². The van der Waals surface area contributed by atoms with Crippen LogP contribution in [0.5, 0.6) is 0 Å². The molecule has 1 heterocycles. The zero-order valence-corrected chi connectivity index (χ0v) is 10.4. The third-order valence-corrected chi connectivity index (χ3v) is 2.57. The first-order valence-electron chi connectivity index (χ1n) is 5.61. The summed E-state index contributed by atoms with van der Waals surface area (Å²) in [5.74, 6) is -2.49. The second-order valence-electron chi connectivity index (χ2n) is 3.97. The van der Waals surface area contributed by atoms with Crippen molar-refractivity contribution in [2.24, 2.45) is 0 Å². The van der Waals surface area contributed by atoms with E-state index in [9.17, 15) is 14.0 Å². The topological polar surface area (TPSA) is 92.2 Å². The molecule has 2 rings (SSSR count). The number of aromatic nitrogens is 2. The van der Waals surface area contributed by atoms with Gasteiger partial charge in [-0.2, -0.15) is 0 Å². The molecule has 1 aromatic carbocycles. The maximum absolute atomic E-state index is 13.0. The first-order valence-corrected chi connectivity index (χ1v) is 5.61. The number of carboxylic acids is 1. The average Bonchev–Trinajstić information content (AvgIpc) is 2.38. The van der Waals surface area contributed by atoms with Crippen molar-refractivity contribution in [3.63, 3.8) is 0 Å². The maximum atomic E-state index is 13.0. The monoisotopic (exact) mass is 275 g/mol. The Hall–Kier alpha value is -2.83. The second kappa shape index (κ2) is 5.43. The maximum Gasteiger partial charge on any atom is 0.358 e. The molecule has 2 aromatic rings. The number of aryl methyl sites for hydroxylation is 1. The van der Waals surface area contributed by atoms with E-state index in [1.54, 1.807) is 6.92 Å². The fraction of sp³-hybridized carbons (Fsp3) is 0.0769. The van der Waals surface area contributed by atoms with Gasteiger partial charge in [0.25, 0.3) is 5.91 Å². The molecule has 0 saturated heterocycles. The Bertz CT molecular complexity index is 688. The fourth-order valence-electron chi connectivity index (χ4n) is 1.64. The molecule has 2 N–H and O–H groups in total. The number of amides is 1. The molecule has 102 valence electrons. The predicted octanol–water partition coefficient (Wildman–Crippen LogP) is 1.87. The van der Waals surface area contributed by atoms with Gasteiger partial charge in [-0.1, -0.05) is 0 Å². The Kier molecular flexibility index (Phi) is 3.69. The largest absolute Gasteiger partial charge is 0.476 e. The van der Waals surface area contributed by atoms with Gasteiger partial charge in [0, 0.05) is 18.0 Å². The predicted molar refractivity (Wildman–Crippen MR) is 68.1 cm³/mol. The summed E-state index contributed by atoms with van der Waals surface area (Å²) in [7, 11) is 0. The lowest BCUT2D eigenvalue weighted by Crippen LogP contribution is -2.18. The van der Waals surface area contributed by atoms with E-state index in [1.807, 2.05) is 0 Å². The number of aromatic carboxylic acids is 1. The van der Waals surface area contributed by atoms with Crippen molar-refractivity contribution in [2.45, 2.75) is 6.92 Å². The number of carboxylic acid groups (broad SMARTS) is 1. The molecule has 0 fully saturated rings. The van der Waals surface area contributed by atoms with Crippen LogP contribution in [0.3, 0.4) is 0 Å². The summed E-state index contributed by atoms with van der Waals surface area (Å²) < 4.78 is 13.0. The summed E-state index contributed by atoms with van der Waals surface area (Å²) in [5, 5.41) is 11.3. The molecule has 1 amide bonds. The lowest BCUT2D eigenvalue weighted by Gasteiger charge is -2.08.